The number of anilines is 1. The molecule has 0 bridgehead atoms. The topological polar surface area (TPSA) is 59.6 Å². The number of ether oxygens (including phenoxy) is 1. The second kappa shape index (κ2) is 4.97. The summed E-state index contributed by atoms with van der Waals surface area (Å²) in [7, 11) is 0. The van der Waals surface area contributed by atoms with Crippen LogP contribution in [0.4, 0.5) is 5.69 Å². The molecule has 122 valence electrons. The van der Waals surface area contributed by atoms with Gasteiger partial charge in [-0.1, -0.05) is 12.5 Å². The standard InChI is InChI=1S/C19H25N3O/c20-18(21-14-6-5-12-3-1-4-13(12)11-14)22-16-15-7-10-23-17(15)19(16)8-2-9-19/h5-6,11,15-17H,1-4,7-10H2,(H3,20,21,22). The first-order chi connectivity index (χ1) is 11.3. The minimum absolute atomic E-state index is 0.311. The highest BCUT2D eigenvalue weighted by Crippen LogP contribution is 2.64. The molecule has 1 aliphatic heterocycles. The maximum Gasteiger partial charge on any atom is 0.193 e. The number of hydrogen-bond acceptors (Lipinski definition) is 2. The molecule has 3 atom stereocenters. The lowest BCUT2D eigenvalue weighted by Gasteiger charge is -2.61. The fourth-order valence-corrected chi connectivity index (χ4v) is 5.37. The summed E-state index contributed by atoms with van der Waals surface area (Å²) in [5, 5.41) is 3.32. The van der Waals surface area contributed by atoms with Gasteiger partial charge in [0.2, 0.25) is 0 Å². The average molecular weight is 311 g/mol. The fraction of sp³-hybridized carbons (Fsp3) is 0.632. The molecule has 5 rings (SSSR count). The summed E-state index contributed by atoms with van der Waals surface area (Å²) in [6.45, 7) is 0.904. The number of benzene rings is 1. The van der Waals surface area contributed by atoms with Crippen molar-refractivity contribution in [1.29, 1.82) is 0 Å². The molecule has 4 nitrogen and oxygen atoms in total. The first-order valence-electron chi connectivity index (χ1n) is 9.10. The van der Waals surface area contributed by atoms with Crippen molar-refractivity contribution in [2.45, 2.75) is 57.1 Å². The van der Waals surface area contributed by atoms with Crippen LogP contribution < -0.4 is 11.1 Å². The molecule has 3 unspecified atom stereocenters. The predicted octanol–water partition coefficient (Wildman–Crippen LogP) is 2.86. The maximum atomic E-state index is 6.24. The van der Waals surface area contributed by atoms with E-state index in [0.29, 0.717) is 29.4 Å². The van der Waals surface area contributed by atoms with E-state index >= 15 is 0 Å². The molecule has 0 radical (unpaired) electrons. The van der Waals surface area contributed by atoms with Crippen LogP contribution in [-0.4, -0.2) is 24.7 Å². The monoisotopic (exact) mass is 311 g/mol. The third kappa shape index (κ3) is 1.97. The first-order valence-corrected chi connectivity index (χ1v) is 9.10. The van der Waals surface area contributed by atoms with Gasteiger partial charge in [0, 0.05) is 23.6 Å². The normalized spacial score (nSPS) is 33.7. The third-order valence-corrected chi connectivity index (χ3v) is 6.63. The molecule has 0 amide bonds. The van der Waals surface area contributed by atoms with E-state index in [0.717, 1.165) is 18.7 Å². The zero-order valence-corrected chi connectivity index (χ0v) is 13.6. The van der Waals surface area contributed by atoms with Gasteiger partial charge in [0.1, 0.15) is 0 Å². The smallest absolute Gasteiger partial charge is 0.193 e. The summed E-state index contributed by atoms with van der Waals surface area (Å²) in [4.78, 5) is 4.89. The molecule has 4 heteroatoms. The van der Waals surface area contributed by atoms with Gasteiger partial charge in [-0.05, 0) is 61.8 Å². The summed E-state index contributed by atoms with van der Waals surface area (Å²) in [6.07, 6.45) is 9.11. The Kier molecular flexibility index (Phi) is 2.99. The summed E-state index contributed by atoms with van der Waals surface area (Å²) < 4.78 is 5.96. The highest BCUT2D eigenvalue weighted by Gasteiger charge is 2.66. The van der Waals surface area contributed by atoms with Crippen molar-refractivity contribution in [3.63, 3.8) is 0 Å². The molecule has 23 heavy (non-hydrogen) atoms. The number of rotatable bonds is 2. The van der Waals surface area contributed by atoms with E-state index in [1.807, 2.05) is 0 Å². The van der Waals surface area contributed by atoms with Gasteiger partial charge in [0.15, 0.2) is 5.96 Å². The van der Waals surface area contributed by atoms with Crippen molar-refractivity contribution >= 4 is 11.6 Å². The van der Waals surface area contributed by atoms with Gasteiger partial charge < -0.3 is 15.8 Å². The molecule has 3 fully saturated rings. The van der Waals surface area contributed by atoms with Crippen LogP contribution >= 0.6 is 0 Å². The molecule has 3 N–H and O–H groups in total. The largest absolute Gasteiger partial charge is 0.377 e. The second-order valence-corrected chi connectivity index (χ2v) is 7.75. The number of aliphatic imine (C=N–C) groups is 1. The summed E-state index contributed by atoms with van der Waals surface area (Å²) in [5.74, 6) is 1.17. The van der Waals surface area contributed by atoms with E-state index in [9.17, 15) is 0 Å². The Labute approximate surface area is 137 Å². The lowest BCUT2D eigenvalue weighted by Crippen LogP contribution is -2.65. The number of fused-ring (bicyclic) bond motifs is 3. The van der Waals surface area contributed by atoms with Crippen LogP contribution in [0.2, 0.25) is 0 Å². The van der Waals surface area contributed by atoms with Gasteiger partial charge in [-0.15, -0.1) is 0 Å². The summed E-state index contributed by atoms with van der Waals surface area (Å²) in [5.41, 5.74) is 10.6. The van der Waals surface area contributed by atoms with Crippen molar-refractivity contribution in [3.8, 4) is 0 Å². The lowest BCUT2D eigenvalue weighted by atomic mass is 9.46. The minimum Gasteiger partial charge on any atom is -0.377 e. The zero-order valence-electron chi connectivity index (χ0n) is 13.6. The van der Waals surface area contributed by atoms with Gasteiger partial charge in [-0.25, -0.2) is 4.99 Å². The molecule has 3 aliphatic carbocycles. The summed E-state index contributed by atoms with van der Waals surface area (Å²) >= 11 is 0. The summed E-state index contributed by atoms with van der Waals surface area (Å²) in [6, 6.07) is 6.97. The second-order valence-electron chi connectivity index (χ2n) is 7.75. The number of aryl methyl sites for hydroxylation is 2. The van der Waals surface area contributed by atoms with Crippen molar-refractivity contribution < 1.29 is 4.74 Å². The van der Waals surface area contributed by atoms with E-state index < -0.39 is 0 Å². The van der Waals surface area contributed by atoms with Crippen LogP contribution in [0, 0.1) is 11.3 Å². The Hall–Kier alpha value is -1.55. The van der Waals surface area contributed by atoms with Crippen molar-refractivity contribution in [2.75, 3.05) is 11.9 Å². The van der Waals surface area contributed by atoms with Gasteiger partial charge >= 0.3 is 0 Å². The van der Waals surface area contributed by atoms with Crippen LogP contribution in [0.25, 0.3) is 0 Å². The molecule has 1 aromatic rings. The third-order valence-electron chi connectivity index (χ3n) is 6.63. The lowest BCUT2D eigenvalue weighted by molar-refractivity contribution is -0.164. The van der Waals surface area contributed by atoms with Crippen molar-refractivity contribution in [3.05, 3.63) is 29.3 Å². The highest BCUT2D eigenvalue weighted by molar-refractivity contribution is 5.92. The minimum atomic E-state index is 0.311. The molecular formula is C19H25N3O. The number of nitrogens with one attached hydrogen (secondary N) is 1. The highest BCUT2D eigenvalue weighted by atomic mass is 16.5. The van der Waals surface area contributed by atoms with E-state index in [-0.39, 0.29) is 0 Å². The molecule has 2 saturated carbocycles. The predicted molar refractivity (Wildman–Crippen MR) is 91.6 cm³/mol. The van der Waals surface area contributed by atoms with Crippen LogP contribution in [0.1, 0.15) is 43.2 Å². The van der Waals surface area contributed by atoms with Gasteiger partial charge in [0.25, 0.3) is 0 Å². The van der Waals surface area contributed by atoms with Gasteiger partial charge in [-0.3, -0.25) is 0 Å². The maximum absolute atomic E-state index is 6.24. The van der Waals surface area contributed by atoms with E-state index in [1.165, 1.54) is 49.7 Å². The van der Waals surface area contributed by atoms with Crippen LogP contribution in [-0.2, 0) is 17.6 Å². The number of hydrogen-bond donors (Lipinski definition) is 2. The first kappa shape index (κ1) is 13.8. The van der Waals surface area contributed by atoms with Gasteiger partial charge in [0.05, 0.1) is 12.1 Å². The SMILES string of the molecule is NC(=NC1C2CCOC2C12CCC2)Nc1ccc2c(c1)CCC2. The van der Waals surface area contributed by atoms with E-state index in [4.69, 9.17) is 15.5 Å². The molecule has 1 aromatic carbocycles. The van der Waals surface area contributed by atoms with Crippen molar-refractivity contribution in [1.82, 2.24) is 0 Å². The van der Waals surface area contributed by atoms with Crippen LogP contribution in [0.5, 0.6) is 0 Å². The molecule has 4 aliphatic rings. The molecular weight excluding hydrogens is 286 g/mol. The molecule has 1 heterocycles. The fourth-order valence-electron chi connectivity index (χ4n) is 5.37. The molecule has 1 saturated heterocycles. The quantitative estimate of drug-likeness (QED) is 0.652. The van der Waals surface area contributed by atoms with Crippen molar-refractivity contribution in [2.24, 2.45) is 22.1 Å². The average Bonchev–Trinajstić information content (AvgIpc) is 3.10. The van der Waals surface area contributed by atoms with Gasteiger partial charge in [-0.2, -0.15) is 0 Å². The Morgan fingerprint density at radius 1 is 1.22 bits per heavy atom. The zero-order chi connectivity index (χ0) is 15.4. The number of nitrogens with two attached hydrogens (primary N) is 1. The Bertz CT molecular complexity index is 665. The Morgan fingerprint density at radius 3 is 2.91 bits per heavy atom. The number of nitrogens with zero attached hydrogens (tertiary/aromatic N) is 1. The molecule has 1 spiro atoms. The van der Waals surface area contributed by atoms with Crippen LogP contribution in [0.15, 0.2) is 23.2 Å². The number of guanidine groups is 1. The molecule has 0 aromatic heterocycles. The van der Waals surface area contributed by atoms with Crippen LogP contribution in [0.3, 0.4) is 0 Å². The van der Waals surface area contributed by atoms with E-state index in [2.05, 4.69) is 23.5 Å². The Balaban J connectivity index is 1.34. The Morgan fingerprint density at radius 2 is 2.09 bits per heavy atom. The van der Waals surface area contributed by atoms with E-state index in [1.54, 1.807) is 0 Å².